The summed E-state index contributed by atoms with van der Waals surface area (Å²) in [5.41, 5.74) is -1.68. The summed E-state index contributed by atoms with van der Waals surface area (Å²) >= 11 is 6.61. The Morgan fingerprint density at radius 2 is 1.82 bits per heavy atom. The van der Waals surface area contributed by atoms with Crippen molar-refractivity contribution < 1.29 is 28.5 Å². The summed E-state index contributed by atoms with van der Waals surface area (Å²) in [6.45, 7) is 5.67. The monoisotopic (exact) mass is 619 g/mol. The van der Waals surface area contributed by atoms with E-state index in [2.05, 4.69) is 11.9 Å². The van der Waals surface area contributed by atoms with Gasteiger partial charge in [-0.1, -0.05) is 43.3 Å². The third-order valence-electron chi connectivity index (χ3n) is 8.64. The van der Waals surface area contributed by atoms with Crippen molar-refractivity contribution in [2.75, 3.05) is 26.1 Å². The van der Waals surface area contributed by atoms with Gasteiger partial charge in [-0.15, -0.1) is 0 Å². The van der Waals surface area contributed by atoms with Crippen LogP contribution in [-0.4, -0.2) is 47.1 Å². The van der Waals surface area contributed by atoms with Crippen LogP contribution in [0.1, 0.15) is 40.7 Å². The molecule has 0 unspecified atom stereocenters. The first-order valence-electron chi connectivity index (χ1n) is 13.9. The highest BCUT2D eigenvalue weighted by Crippen LogP contribution is 2.56. The van der Waals surface area contributed by atoms with Crippen LogP contribution in [0.4, 0.5) is 5.82 Å². The summed E-state index contributed by atoms with van der Waals surface area (Å²) in [5.74, 6) is -1.74. The fourth-order valence-electron chi connectivity index (χ4n) is 6.46. The molecule has 3 aromatic rings. The lowest BCUT2D eigenvalue weighted by atomic mass is 9.66. The Bertz CT molecular complexity index is 1940. The topological polar surface area (TPSA) is 127 Å². The van der Waals surface area contributed by atoms with E-state index in [0.717, 1.165) is 4.57 Å². The third kappa shape index (κ3) is 3.88. The molecule has 228 valence electrons. The number of hydrogen-bond acceptors (Lipinski definition) is 9. The van der Waals surface area contributed by atoms with Crippen molar-refractivity contribution in [1.82, 2.24) is 9.13 Å². The molecule has 2 aliphatic heterocycles. The number of methoxy groups -OCH3 is 2. The first-order valence-corrected chi connectivity index (χ1v) is 14.3. The lowest BCUT2D eigenvalue weighted by Gasteiger charge is -2.42. The number of carbonyl (C=O) groups is 2. The first-order chi connectivity index (χ1) is 21.0. The molecule has 3 atom stereocenters. The average molecular weight is 620 g/mol. The molecule has 3 aliphatic rings. The highest BCUT2D eigenvalue weighted by molar-refractivity contribution is 6.36. The summed E-state index contributed by atoms with van der Waals surface area (Å²) in [5, 5.41) is 3.24. The smallest absolute Gasteiger partial charge is 0.332 e. The maximum atomic E-state index is 15.0. The Balaban J connectivity index is 1.60. The molecule has 1 aromatic heterocycles. The van der Waals surface area contributed by atoms with Gasteiger partial charge in [0.25, 0.3) is 5.56 Å². The molecule has 1 N–H and O–H groups in total. The van der Waals surface area contributed by atoms with Crippen LogP contribution < -0.4 is 35.5 Å². The molecule has 0 saturated heterocycles. The molecule has 1 aliphatic carbocycles. The second-order valence-corrected chi connectivity index (χ2v) is 11.4. The van der Waals surface area contributed by atoms with Gasteiger partial charge >= 0.3 is 5.69 Å². The summed E-state index contributed by atoms with van der Waals surface area (Å²) in [6.07, 6.45) is 1.79. The number of anilines is 1. The maximum absolute atomic E-state index is 15.0. The normalized spacial score (nSPS) is 21.7. The van der Waals surface area contributed by atoms with E-state index in [1.807, 2.05) is 0 Å². The van der Waals surface area contributed by atoms with Crippen LogP contribution in [0.25, 0.3) is 0 Å². The van der Waals surface area contributed by atoms with E-state index < -0.39 is 40.3 Å². The second kappa shape index (κ2) is 10.4. The van der Waals surface area contributed by atoms with E-state index in [1.54, 1.807) is 44.3 Å². The molecule has 12 heteroatoms. The minimum absolute atomic E-state index is 0.00373. The van der Waals surface area contributed by atoms with E-state index in [4.69, 9.17) is 30.5 Å². The predicted octanol–water partition coefficient (Wildman–Crippen LogP) is 3.75. The summed E-state index contributed by atoms with van der Waals surface area (Å²) in [6, 6.07) is 8.47. The van der Waals surface area contributed by atoms with Crippen molar-refractivity contribution in [3.63, 3.8) is 0 Å². The SMILES string of the molecule is C=CCOc1cccc([C@@H]2C3=C(C[C@@H](C)[C@]4(Oc5c(Cl)c(OC)cc(OC)c5C4=O)C3=O)Nc3c2c(=O)n(C)c(=O)n3C)c1. The number of rotatable bonds is 6. The van der Waals surface area contributed by atoms with E-state index >= 15 is 0 Å². The number of ketones is 2. The Kier molecular flexibility index (Phi) is 6.96. The van der Waals surface area contributed by atoms with Crippen LogP contribution in [0.2, 0.25) is 5.02 Å². The number of ether oxygens (including phenoxy) is 4. The van der Waals surface area contributed by atoms with Crippen molar-refractivity contribution in [1.29, 1.82) is 0 Å². The van der Waals surface area contributed by atoms with Gasteiger partial charge in [-0.05, 0) is 24.1 Å². The molecule has 11 nitrogen and oxygen atoms in total. The predicted molar refractivity (Wildman–Crippen MR) is 163 cm³/mol. The van der Waals surface area contributed by atoms with Gasteiger partial charge in [0.05, 0.1) is 19.8 Å². The van der Waals surface area contributed by atoms with Crippen molar-refractivity contribution in [2.24, 2.45) is 20.0 Å². The average Bonchev–Trinajstić information content (AvgIpc) is 3.34. The molecule has 2 aromatic carbocycles. The first kappa shape index (κ1) is 29.3. The Hall–Kier alpha value is -4.77. The largest absolute Gasteiger partial charge is 0.496 e. The van der Waals surface area contributed by atoms with Crippen molar-refractivity contribution >= 4 is 29.0 Å². The number of nitrogens with zero attached hydrogens (tertiary/aromatic N) is 2. The van der Waals surface area contributed by atoms with Gasteiger partial charge in [-0.3, -0.25) is 23.5 Å². The molecule has 0 fully saturated rings. The molecule has 0 saturated carbocycles. The number of nitrogens with one attached hydrogen (secondary N) is 1. The zero-order chi connectivity index (χ0) is 31.7. The van der Waals surface area contributed by atoms with Gasteiger partial charge in [0.2, 0.25) is 17.2 Å². The molecule has 3 heterocycles. The molecule has 0 radical (unpaired) electrons. The quantitative estimate of drug-likeness (QED) is 0.324. The van der Waals surface area contributed by atoms with Gasteiger partial charge in [0, 0.05) is 43.3 Å². The van der Waals surface area contributed by atoms with Crippen LogP contribution >= 0.6 is 11.6 Å². The van der Waals surface area contributed by atoms with Crippen molar-refractivity contribution in [3.05, 3.63) is 96.8 Å². The summed E-state index contributed by atoms with van der Waals surface area (Å²) in [4.78, 5) is 56.1. The van der Waals surface area contributed by atoms with Crippen LogP contribution in [0, 0.1) is 5.92 Å². The number of fused-ring (bicyclic) bond motifs is 2. The van der Waals surface area contributed by atoms with E-state index in [9.17, 15) is 19.2 Å². The molecule has 1 spiro atoms. The molecule has 0 bridgehead atoms. The fraction of sp³-hybridized carbons (Fsp3) is 0.312. The number of Topliss-reactive ketones (excluding diaryl/α,β-unsaturated/α-hetero) is 2. The third-order valence-corrected chi connectivity index (χ3v) is 8.99. The minimum atomic E-state index is -2.00. The van der Waals surface area contributed by atoms with Crippen LogP contribution in [0.15, 0.2) is 63.8 Å². The highest BCUT2D eigenvalue weighted by Gasteiger charge is 2.63. The minimum Gasteiger partial charge on any atom is -0.496 e. The fourth-order valence-corrected chi connectivity index (χ4v) is 6.73. The summed E-state index contributed by atoms with van der Waals surface area (Å²) in [7, 11) is 5.75. The molecular weight excluding hydrogens is 590 g/mol. The van der Waals surface area contributed by atoms with Gasteiger partial charge in [0.1, 0.15) is 40.3 Å². The number of aromatic nitrogens is 2. The van der Waals surface area contributed by atoms with Gasteiger partial charge in [0.15, 0.2) is 5.75 Å². The second-order valence-electron chi connectivity index (χ2n) is 11.0. The molecule has 6 rings (SSSR count). The molecular formula is C32H30ClN3O8. The Labute approximate surface area is 257 Å². The van der Waals surface area contributed by atoms with Gasteiger partial charge in [-0.2, -0.15) is 0 Å². The molecule has 0 amide bonds. The highest BCUT2D eigenvalue weighted by atomic mass is 35.5. The Morgan fingerprint density at radius 1 is 1.09 bits per heavy atom. The Morgan fingerprint density at radius 3 is 2.50 bits per heavy atom. The van der Waals surface area contributed by atoms with Crippen molar-refractivity contribution in [2.45, 2.75) is 24.9 Å². The van der Waals surface area contributed by atoms with Crippen LogP contribution in [0.5, 0.6) is 23.0 Å². The number of halogens is 1. The standard InChI is InChI=1S/C32H30ClN3O8/c1-7-11-43-17-10-8-9-16(13-17)21-22-18(34-29-24(21)30(39)36(4)31(40)35(29)3)12-15(2)32(27(22)37)28(38)23-19(41-5)14-20(42-6)25(33)26(23)44-32/h7-10,13-15,21,34H,1,11-12H2,2-6H3/t15-,21-,32+/m1/s1. The van der Waals surface area contributed by atoms with Crippen LogP contribution in [0.3, 0.4) is 0 Å². The zero-order valence-corrected chi connectivity index (χ0v) is 25.5. The molecule has 44 heavy (non-hydrogen) atoms. The van der Waals surface area contributed by atoms with E-state index in [0.29, 0.717) is 17.0 Å². The summed E-state index contributed by atoms with van der Waals surface area (Å²) < 4.78 is 25.3. The number of allylic oxidation sites excluding steroid dienone is 1. The van der Waals surface area contributed by atoms with Crippen LogP contribution in [-0.2, 0) is 18.9 Å². The number of carbonyl (C=O) groups excluding carboxylic acids is 2. The number of benzene rings is 2. The van der Waals surface area contributed by atoms with E-state index in [-0.39, 0.29) is 57.8 Å². The van der Waals surface area contributed by atoms with E-state index in [1.165, 1.54) is 31.9 Å². The number of hydrogen-bond donors (Lipinski definition) is 1. The lowest BCUT2D eigenvalue weighted by Crippen LogP contribution is -2.58. The lowest BCUT2D eigenvalue weighted by molar-refractivity contribution is -0.130. The van der Waals surface area contributed by atoms with Crippen molar-refractivity contribution in [3.8, 4) is 23.0 Å². The van der Waals surface area contributed by atoms with Gasteiger partial charge < -0.3 is 24.3 Å². The maximum Gasteiger partial charge on any atom is 0.332 e. The van der Waals surface area contributed by atoms with Gasteiger partial charge in [-0.25, -0.2) is 4.79 Å². The zero-order valence-electron chi connectivity index (χ0n) is 24.8.